The molecule has 0 atom stereocenters. The Morgan fingerprint density at radius 2 is 1.80 bits per heavy atom. The molecule has 2 aromatic carbocycles. The lowest BCUT2D eigenvalue weighted by molar-refractivity contribution is 0.320. The quantitative estimate of drug-likeness (QED) is 0.511. The minimum absolute atomic E-state index is 0.400. The molecule has 0 saturated carbocycles. The fraction of sp³-hybridized carbons (Fsp3) is 0.125. The van der Waals surface area contributed by atoms with Gasteiger partial charge in [-0.15, -0.1) is 0 Å². The first-order chi connectivity index (χ1) is 9.83. The summed E-state index contributed by atoms with van der Waals surface area (Å²) < 4.78 is 5.37. The van der Waals surface area contributed by atoms with Crippen LogP contribution in [0.5, 0.6) is 5.75 Å². The van der Waals surface area contributed by atoms with Gasteiger partial charge in [-0.2, -0.15) is 0 Å². The molecular formula is C16H16N2O2. The maximum Gasteiger partial charge on any atom is 0.128 e. The zero-order valence-electron chi connectivity index (χ0n) is 11.2. The summed E-state index contributed by atoms with van der Waals surface area (Å²) in [5.74, 6) is 0.786. The van der Waals surface area contributed by atoms with E-state index in [1.807, 2.05) is 61.5 Å². The molecule has 0 radical (unpaired) electrons. The standard InChI is InChI=1S/C16H16N2O2/c1-2-20-15-10-8-13(9-11-15)16(18-19)12-17-14-6-4-3-5-7-14/h3-12,19H,2H2,1H3. The Morgan fingerprint density at radius 3 is 2.40 bits per heavy atom. The average Bonchev–Trinajstić information content (AvgIpc) is 2.51. The van der Waals surface area contributed by atoms with Crippen molar-refractivity contribution in [3.63, 3.8) is 0 Å². The van der Waals surface area contributed by atoms with Gasteiger partial charge < -0.3 is 9.94 Å². The van der Waals surface area contributed by atoms with Gasteiger partial charge >= 0.3 is 0 Å². The Balaban J connectivity index is 2.14. The Kier molecular flexibility index (Phi) is 4.89. The number of nitrogens with zero attached hydrogens (tertiary/aromatic N) is 2. The topological polar surface area (TPSA) is 54.2 Å². The van der Waals surface area contributed by atoms with Crippen molar-refractivity contribution in [3.05, 3.63) is 60.2 Å². The van der Waals surface area contributed by atoms with Gasteiger partial charge in [0, 0.05) is 5.56 Å². The highest BCUT2D eigenvalue weighted by atomic mass is 16.5. The van der Waals surface area contributed by atoms with Gasteiger partial charge in [0.1, 0.15) is 11.5 Å². The number of hydrogen-bond donors (Lipinski definition) is 1. The van der Waals surface area contributed by atoms with Crippen LogP contribution in [0.1, 0.15) is 12.5 Å². The van der Waals surface area contributed by atoms with Gasteiger partial charge in [0.05, 0.1) is 18.5 Å². The van der Waals surface area contributed by atoms with Crippen molar-refractivity contribution in [1.29, 1.82) is 0 Å². The summed E-state index contributed by atoms with van der Waals surface area (Å²) in [4.78, 5) is 4.27. The fourth-order valence-electron chi connectivity index (χ4n) is 1.70. The Bertz CT molecular complexity index is 590. The summed E-state index contributed by atoms with van der Waals surface area (Å²) in [6.07, 6.45) is 1.53. The van der Waals surface area contributed by atoms with Crippen LogP contribution in [-0.2, 0) is 0 Å². The lowest BCUT2D eigenvalue weighted by atomic mass is 10.1. The lowest BCUT2D eigenvalue weighted by Crippen LogP contribution is -2.02. The van der Waals surface area contributed by atoms with Crippen LogP contribution >= 0.6 is 0 Å². The predicted octanol–water partition coefficient (Wildman–Crippen LogP) is 3.67. The summed E-state index contributed by atoms with van der Waals surface area (Å²) >= 11 is 0. The third-order valence-electron chi connectivity index (χ3n) is 2.66. The van der Waals surface area contributed by atoms with Crippen LogP contribution in [0.15, 0.2) is 64.7 Å². The number of ether oxygens (including phenoxy) is 1. The van der Waals surface area contributed by atoms with Crippen LogP contribution in [0.3, 0.4) is 0 Å². The van der Waals surface area contributed by atoms with E-state index in [2.05, 4.69) is 10.1 Å². The number of para-hydroxylation sites is 1. The average molecular weight is 268 g/mol. The van der Waals surface area contributed by atoms with E-state index in [1.165, 1.54) is 6.21 Å². The monoisotopic (exact) mass is 268 g/mol. The van der Waals surface area contributed by atoms with Gasteiger partial charge in [-0.1, -0.05) is 23.4 Å². The number of benzene rings is 2. The molecule has 0 aliphatic rings. The smallest absolute Gasteiger partial charge is 0.128 e. The Labute approximate surface area is 118 Å². The van der Waals surface area contributed by atoms with Crippen LogP contribution in [0.25, 0.3) is 0 Å². The van der Waals surface area contributed by atoms with Crippen LogP contribution in [0.2, 0.25) is 0 Å². The number of oxime groups is 1. The number of aliphatic imine (C=N–C) groups is 1. The second-order valence-electron chi connectivity index (χ2n) is 4.04. The predicted molar refractivity (Wildman–Crippen MR) is 80.5 cm³/mol. The first kappa shape index (κ1) is 13.8. The van der Waals surface area contributed by atoms with Crippen molar-refractivity contribution in [2.45, 2.75) is 6.92 Å². The third-order valence-corrected chi connectivity index (χ3v) is 2.66. The highest BCUT2D eigenvalue weighted by Crippen LogP contribution is 2.13. The Morgan fingerprint density at radius 1 is 1.10 bits per heavy atom. The summed E-state index contributed by atoms with van der Waals surface area (Å²) in [5, 5.41) is 12.4. The van der Waals surface area contributed by atoms with E-state index in [-0.39, 0.29) is 0 Å². The zero-order valence-corrected chi connectivity index (χ0v) is 11.2. The lowest BCUT2D eigenvalue weighted by Gasteiger charge is -2.04. The molecule has 0 saturated heterocycles. The molecule has 0 bridgehead atoms. The van der Waals surface area contributed by atoms with E-state index in [0.717, 1.165) is 17.0 Å². The summed E-state index contributed by atoms with van der Waals surface area (Å²) in [5.41, 5.74) is 1.98. The first-order valence-corrected chi connectivity index (χ1v) is 6.38. The van der Waals surface area contributed by atoms with E-state index >= 15 is 0 Å². The molecule has 20 heavy (non-hydrogen) atoms. The molecule has 102 valence electrons. The molecular weight excluding hydrogens is 252 g/mol. The second kappa shape index (κ2) is 7.09. The molecule has 2 aromatic rings. The minimum atomic E-state index is 0.400. The normalized spacial score (nSPS) is 11.8. The molecule has 0 aromatic heterocycles. The van der Waals surface area contributed by atoms with Gasteiger partial charge in [0.15, 0.2) is 0 Å². The number of rotatable bonds is 5. The van der Waals surface area contributed by atoms with Crippen molar-refractivity contribution in [2.24, 2.45) is 10.1 Å². The van der Waals surface area contributed by atoms with Gasteiger partial charge in [0.25, 0.3) is 0 Å². The summed E-state index contributed by atoms with van der Waals surface area (Å²) in [6.45, 7) is 2.55. The highest BCUT2D eigenvalue weighted by molar-refractivity contribution is 6.38. The summed E-state index contributed by atoms with van der Waals surface area (Å²) in [7, 11) is 0. The van der Waals surface area contributed by atoms with Crippen molar-refractivity contribution in [1.82, 2.24) is 0 Å². The second-order valence-corrected chi connectivity index (χ2v) is 4.04. The maximum absolute atomic E-state index is 9.10. The van der Waals surface area contributed by atoms with Crippen molar-refractivity contribution >= 4 is 17.6 Å². The van der Waals surface area contributed by atoms with Crippen LogP contribution < -0.4 is 4.74 Å². The van der Waals surface area contributed by atoms with E-state index in [0.29, 0.717) is 12.3 Å². The van der Waals surface area contributed by atoms with Crippen LogP contribution in [0, 0.1) is 0 Å². The van der Waals surface area contributed by atoms with Crippen molar-refractivity contribution in [3.8, 4) is 5.75 Å². The van der Waals surface area contributed by atoms with E-state index in [9.17, 15) is 0 Å². The molecule has 0 aliphatic carbocycles. The van der Waals surface area contributed by atoms with Crippen molar-refractivity contribution in [2.75, 3.05) is 6.61 Å². The molecule has 2 rings (SSSR count). The molecule has 0 amide bonds. The molecule has 0 unspecified atom stereocenters. The molecule has 4 heteroatoms. The first-order valence-electron chi connectivity index (χ1n) is 6.38. The number of hydrogen-bond acceptors (Lipinski definition) is 4. The highest BCUT2D eigenvalue weighted by Gasteiger charge is 2.02. The largest absolute Gasteiger partial charge is 0.494 e. The third kappa shape index (κ3) is 3.68. The van der Waals surface area contributed by atoms with Gasteiger partial charge in [0.2, 0.25) is 0 Å². The van der Waals surface area contributed by atoms with Gasteiger partial charge in [-0.05, 0) is 43.3 Å². The van der Waals surface area contributed by atoms with Crippen LogP contribution in [-0.4, -0.2) is 23.7 Å². The van der Waals surface area contributed by atoms with Crippen molar-refractivity contribution < 1.29 is 9.94 Å². The minimum Gasteiger partial charge on any atom is -0.494 e. The molecule has 0 fully saturated rings. The summed E-state index contributed by atoms with van der Waals surface area (Å²) in [6, 6.07) is 16.8. The van der Waals surface area contributed by atoms with E-state index < -0.39 is 0 Å². The Hall–Kier alpha value is -2.62. The fourth-order valence-corrected chi connectivity index (χ4v) is 1.70. The maximum atomic E-state index is 9.10. The van der Waals surface area contributed by atoms with Gasteiger partial charge in [-0.3, -0.25) is 4.99 Å². The molecule has 1 N–H and O–H groups in total. The SMILES string of the molecule is CCOc1ccc(C(C=Nc2ccccc2)=NO)cc1. The van der Waals surface area contributed by atoms with E-state index in [1.54, 1.807) is 0 Å². The molecule has 0 spiro atoms. The van der Waals surface area contributed by atoms with E-state index in [4.69, 9.17) is 9.94 Å². The molecule has 0 heterocycles. The van der Waals surface area contributed by atoms with Gasteiger partial charge in [-0.25, -0.2) is 0 Å². The van der Waals surface area contributed by atoms with Crippen LogP contribution in [0.4, 0.5) is 5.69 Å². The molecule has 0 aliphatic heterocycles. The zero-order chi connectivity index (χ0) is 14.2. The molecule has 4 nitrogen and oxygen atoms in total.